The van der Waals surface area contributed by atoms with E-state index in [4.69, 9.17) is 4.74 Å². The highest BCUT2D eigenvalue weighted by Gasteiger charge is 2.22. The molecule has 3 heteroatoms. The molecule has 21 heavy (non-hydrogen) atoms. The number of benzene rings is 1. The first-order chi connectivity index (χ1) is 10.1. The molecule has 1 aromatic carbocycles. The van der Waals surface area contributed by atoms with Gasteiger partial charge in [0.1, 0.15) is 5.75 Å². The third-order valence-electron chi connectivity index (χ3n) is 3.92. The second-order valence-corrected chi connectivity index (χ2v) is 6.67. The Labute approximate surface area is 129 Å². The molecule has 0 radical (unpaired) electrons. The van der Waals surface area contributed by atoms with Gasteiger partial charge in [0.25, 0.3) is 0 Å². The van der Waals surface area contributed by atoms with Gasteiger partial charge in [-0.2, -0.15) is 0 Å². The zero-order chi connectivity index (χ0) is 15.2. The maximum atomic E-state index is 5.75. The topological polar surface area (TPSA) is 24.5 Å². The van der Waals surface area contributed by atoms with Gasteiger partial charge in [0.05, 0.1) is 6.10 Å². The highest BCUT2D eigenvalue weighted by molar-refractivity contribution is 5.29. The molecule has 0 aromatic heterocycles. The SMILES string of the molecule is CC(C)C[C@H](c1ccc(OC(C)C)cc1)N1CCNCC1. The van der Waals surface area contributed by atoms with Crippen LogP contribution in [-0.2, 0) is 0 Å². The molecule has 1 atom stereocenters. The molecule has 0 saturated carbocycles. The number of nitrogens with one attached hydrogen (secondary N) is 1. The maximum absolute atomic E-state index is 5.75. The molecule has 1 aliphatic heterocycles. The summed E-state index contributed by atoms with van der Waals surface area (Å²) in [6.07, 6.45) is 1.44. The number of nitrogens with zero attached hydrogens (tertiary/aromatic N) is 1. The fourth-order valence-electron chi connectivity index (χ4n) is 2.98. The minimum atomic E-state index is 0.232. The van der Waals surface area contributed by atoms with E-state index in [-0.39, 0.29) is 6.10 Å². The zero-order valence-electron chi connectivity index (χ0n) is 13.9. The molecule has 3 nitrogen and oxygen atoms in total. The molecule has 0 amide bonds. The van der Waals surface area contributed by atoms with Gasteiger partial charge < -0.3 is 10.1 Å². The summed E-state index contributed by atoms with van der Waals surface area (Å²) >= 11 is 0. The van der Waals surface area contributed by atoms with E-state index < -0.39 is 0 Å². The Morgan fingerprint density at radius 3 is 2.19 bits per heavy atom. The summed E-state index contributed by atoms with van der Waals surface area (Å²) in [4.78, 5) is 2.62. The van der Waals surface area contributed by atoms with Crippen molar-refractivity contribution in [2.75, 3.05) is 26.2 Å². The fraction of sp³-hybridized carbons (Fsp3) is 0.667. The number of piperazine rings is 1. The maximum Gasteiger partial charge on any atom is 0.119 e. The smallest absolute Gasteiger partial charge is 0.119 e. The molecule has 1 saturated heterocycles. The first-order valence-corrected chi connectivity index (χ1v) is 8.27. The molecule has 2 rings (SSSR count). The van der Waals surface area contributed by atoms with Crippen LogP contribution in [0.5, 0.6) is 5.75 Å². The summed E-state index contributed by atoms with van der Waals surface area (Å²) in [5.41, 5.74) is 1.42. The molecule has 0 unspecified atom stereocenters. The number of ether oxygens (including phenoxy) is 1. The van der Waals surface area contributed by atoms with Gasteiger partial charge in [-0.05, 0) is 43.9 Å². The third-order valence-corrected chi connectivity index (χ3v) is 3.92. The van der Waals surface area contributed by atoms with Crippen LogP contribution in [0.3, 0.4) is 0 Å². The van der Waals surface area contributed by atoms with Crippen molar-refractivity contribution in [3.63, 3.8) is 0 Å². The van der Waals surface area contributed by atoms with Crippen LogP contribution in [0, 0.1) is 5.92 Å². The van der Waals surface area contributed by atoms with Crippen LogP contribution < -0.4 is 10.1 Å². The van der Waals surface area contributed by atoms with Gasteiger partial charge in [0.15, 0.2) is 0 Å². The van der Waals surface area contributed by atoms with E-state index in [0.717, 1.165) is 31.9 Å². The second kappa shape index (κ2) is 7.81. The number of hydrogen-bond acceptors (Lipinski definition) is 3. The van der Waals surface area contributed by atoms with Crippen molar-refractivity contribution in [1.82, 2.24) is 10.2 Å². The predicted octanol–water partition coefficient (Wildman–Crippen LogP) is 3.47. The lowest BCUT2D eigenvalue weighted by atomic mass is 9.95. The van der Waals surface area contributed by atoms with Crippen LogP contribution in [-0.4, -0.2) is 37.2 Å². The van der Waals surface area contributed by atoms with Gasteiger partial charge in [0.2, 0.25) is 0 Å². The van der Waals surface area contributed by atoms with E-state index in [1.165, 1.54) is 12.0 Å². The molecule has 1 heterocycles. The summed E-state index contributed by atoms with van der Waals surface area (Å²) in [6.45, 7) is 13.2. The minimum Gasteiger partial charge on any atom is -0.491 e. The Balaban J connectivity index is 2.11. The van der Waals surface area contributed by atoms with Crippen molar-refractivity contribution in [2.24, 2.45) is 5.92 Å². The molecule has 0 aliphatic carbocycles. The Morgan fingerprint density at radius 2 is 1.67 bits per heavy atom. The van der Waals surface area contributed by atoms with Crippen molar-refractivity contribution in [1.29, 1.82) is 0 Å². The van der Waals surface area contributed by atoms with Gasteiger partial charge in [-0.1, -0.05) is 26.0 Å². The number of hydrogen-bond donors (Lipinski definition) is 1. The normalized spacial score (nSPS) is 18.2. The van der Waals surface area contributed by atoms with Crippen molar-refractivity contribution >= 4 is 0 Å². The minimum absolute atomic E-state index is 0.232. The molecule has 1 fully saturated rings. The second-order valence-electron chi connectivity index (χ2n) is 6.67. The molecule has 0 spiro atoms. The van der Waals surface area contributed by atoms with E-state index >= 15 is 0 Å². The summed E-state index contributed by atoms with van der Waals surface area (Å²) in [5, 5.41) is 3.44. The van der Waals surface area contributed by atoms with Crippen molar-refractivity contribution in [2.45, 2.75) is 46.3 Å². The molecule has 1 N–H and O–H groups in total. The van der Waals surface area contributed by atoms with Gasteiger partial charge in [-0.25, -0.2) is 0 Å². The molecule has 0 bridgehead atoms. The Bertz CT molecular complexity index is 408. The van der Waals surface area contributed by atoms with Crippen molar-refractivity contribution in [3.05, 3.63) is 29.8 Å². The van der Waals surface area contributed by atoms with Gasteiger partial charge >= 0.3 is 0 Å². The lowest BCUT2D eigenvalue weighted by Crippen LogP contribution is -2.45. The van der Waals surface area contributed by atoms with Crippen LogP contribution in [0.1, 0.15) is 45.7 Å². The molecule has 1 aliphatic rings. The van der Waals surface area contributed by atoms with Crippen molar-refractivity contribution < 1.29 is 4.74 Å². The van der Waals surface area contributed by atoms with Gasteiger partial charge in [0, 0.05) is 32.2 Å². The van der Waals surface area contributed by atoms with E-state index in [1.807, 2.05) is 0 Å². The van der Waals surface area contributed by atoms with Crippen LogP contribution in [0.25, 0.3) is 0 Å². The Kier molecular flexibility index (Phi) is 6.07. The van der Waals surface area contributed by atoms with E-state index in [0.29, 0.717) is 12.0 Å². The summed E-state index contributed by atoms with van der Waals surface area (Å²) < 4.78 is 5.75. The van der Waals surface area contributed by atoms with E-state index in [1.54, 1.807) is 0 Å². The zero-order valence-corrected chi connectivity index (χ0v) is 13.9. The quantitative estimate of drug-likeness (QED) is 0.868. The average molecular weight is 290 g/mol. The third kappa shape index (κ3) is 5.01. The fourth-order valence-corrected chi connectivity index (χ4v) is 2.98. The van der Waals surface area contributed by atoms with Crippen LogP contribution in [0.15, 0.2) is 24.3 Å². The van der Waals surface area contributed by atoms with E-state index in [2.05, 4.69) is 62.2 Å². The molecule has 1 aromatic rings. The van der Waals surface area contributed by atoms with Gasteiger partial charge in [-0.3, -0.25) is 4.90 Å². The lowest BCUT2D eigenvalue weighted by molar-refractivity contribution is 0.154. The Morgan fingerprint density at radius 1 is 1.05 bits per heavy atom. The summed E-state index contributed by atoms with van der Waals surface area (Å²) in [5.74, 6) is 1.67. The van der Waals surface area contributed by atoms with Crippen LogP contribution >= 0.6 is 0 Å². The highest BCUT2D eigenvalue weighted by Crippen LogP contribution is 2.29. The highest BCUT2D eigenvalue weighted by atomic mass is 16.5. The summed E-state index contributed by atoms with van der Waals surface area (Å²) in [6, 6.07) is 9.25. The monoisotopic (exact) mass is 290 g/mol. The average Bonchev–Trinajstić information content (AvgIpc) is 2.46. The number of rotatable bonds is 6. The van der Waals surface area contributed by atoms with Crippen molar-refractivity contribution in [3.8, 4) is 5.75 Å². The molecular weight excluding hydrogens is 260 g/mol. The first-order valence-electron chi connectivity index (χ1n) is 8.27. The lowest BCUT2D eigenvalue weighted by Gasteiger charge is -2.36. The van der Waals surface area contributed by atoms with Crippen LogP contribution in [0.4, 0.5) is 0 Å². The molecule has 118 valence electrons. The van der Waals surface area contributed by atoms with E-state index in [9.17, 15) is 0 Å². The van der Waals surface area contributed by atoms with Crippen LogP contribution in [0.2, 0.25) is 0 Å². The standard InChI is InChI=1S/C18H30N2O/c1-14(2)13-18(20-11-9-19-10-12-20)16-5-7-17(8-6-16)21-15(3)4/h5-8,14-15,18-19H,9-13H2,1-4H3/t18-/m1/s1. The largest absolute Gasteiger partial charge is 0.491 e. The molecular formula is C18H30N2O. The summed E-state index contributed by atoms with van der Waals surface area (Å²) in [7, 11) is 0. The first kappa shape index (κ1) is 16.3. The predicted molar refractivity (Wildman–Crippen MR) is 88.8 cm³/mol. The Hall–Kier alpha value is -1.06. The van der Waals surface area contributed by atoms with Gasteiger partial charge in [-0.15, -0.1) is 0 Å².